The van der Waals surface area contributed by atoms with Crippen LogP contribution in [0.5, 0.6) is 0 Å². The molecule has 0 spiro atoms. The fourth-order valence-electron chi connectivity index (χ4n) is 0.937. The summed E-state index contributed by atoms with van der Waals surface area (Å²) in [7, 11) is 0. The molecule has 0 radical (unpaired) electrons. The van der Waals surface area contributed by atoms with Crippen molar-refractivity contribution < 1.29 is 13.6 Å². The van der Waals surface area contributed by atoms with Gasteiger partial charge >= 0.3 is 0 Å². The number of carbonyl (C=O) groups is 1. The summed E-state index contributed by atoms with van der Waals surface area (Å²) in [4.78, 5) is 11.4. The van der Waals surface area contributed by atoms with E-state index in [1.807, 2.05) is 0 Å². The Labute approximate surface area is 68.6 Å². The Balaban J connectivity index is 2.34. The number of hydrogen-bond donors (Lipinski definition) is 0. The van der Waals surface area contributed by atoms with Gasteiger partial charge in [-0.15, -0.1) is 0 Å². The maximum absolute atomic E-state index is 11.4. The normalized spacial score (nSPS) is 10.0. The quantitative estimate of drug-likeness (QED) is 0.635. The predicted octanol–water partition coefficient (Wildman–Crippen LogP) is 2.10. The molecule has 2 aromatic heterocycles. The summed E-state index contributed by atoms with van der Waals surface area (Å²) < 4.78 is 9.82. The van der Waals surface area contributed by atoms with Gasteiger partial charge in [0.05, 0.1) is 12.5 Å². The van der Waals surface area contributed by atoms with E-state index in [-0.39, 0.29) is 5.78 Å². The molecule has 2 heterocycles. The lowest BCUT2D eigenvalue weighted by Gasteiger charge is -1.89. The second-order valence-electron chi connectivity index (χ2n) is 2.28. The first kappa shape index (κ1) is 6.91. The van der Waals surface area contributed by atoms with Gasteiger partial charge in [-0.3, -0.25) is 4.79 Å². The molecule has 0 unspecified atom stereocenters. The number of rotatable bonds is 2. The van der Waals surface area contributed by atoms with E-state index in [0.717, 1.165) is 0 Å². The van der Waals surface area contributed by atoms with Crippen LogP contribution in [-0.2, 0) is 0 Å². The van der Waals surface area contributed by atoms with E-state index in [2.05, 4.69) is 0 Å². The van der Waals surface area contributed by atoms with Crippen molar-refractivity contribution in [1.29, 1.82) is 0 Å². The molecule has 0 atom stereocenters. The molecular weight excluding hydrogens is 156 g/mol. The lowest BCUT2D eigenvalue weighted by atomic mass is 10.2. The maximum atomic E-state index is 11.4. The van der Waals surface area contributed by atoms with Crippen LogP contribution in [0.2, 0.25) is 0 Å². The van der Waals surface area contributed by atoms with Crippen molar-refractivity contribution in [2.45, 2.75) is 0 Å². The second kappa shape index (κ2) is 2.70. The van der Waals surface area contributed by atoms with Crippen molar-refractivity contribution in [3.8, 4) is 0 Å². The van der Waals surface area contributed by atoms with E-state index < -0.39 is 0 Å². The minimum Gasteiger partial charge on any atom is -0.461 e. The third kappa shape index (κ3) is 1.05. The van der Waals surface area contributed by atoms with Crippen LogP contribution in [0.1, 0.15) is 16.3 Å². The number of carbonyl (C=O) groups excluding carboxylic acids is 1. The first-order valence-corrected chi connectivity index (χ1v) is 3.49. The van der Waals surface area contributed by atoms with Crippen molar-refractivity contribution in [1.82, 2.24) is 0 Å². The van der Waals surface area contributed by atoms with Gasteiger partial charge in [0.15, 0.2) is 11.5 Å². The van der Waals surface area contributed by atoms with Gasteiger partial charge < -0.3 is 8.83 Å². The fourth-order valence-corrected chi connectivity index (χ4v) is 0.937. The molecule has 0 aliphatic rings. The molecule has 0 bridgehead atoms. The SMILES string of the molecule is O=C(c1ccco1)c1ccco1. The molecule has 0 saturated carbocycles. The van der Waals surface area contributed by atoms with Crippen LogP contribution in [0.3, 0.4) is 0 Å². The van der Waals surface area contributed by atoms with Gasteiger partial charge in [-0.2, -0.15) is 0 Å². The Bertz CT molecular complexity index is 320. The molecule has 2 rings (SSSR count). The smallest absolute Gasteiger partial charge is 0.263 e. The van der Waals surface area contributed by atoms with Crippen molar-refractivity contribution in [3.63, 3.8) is 0 Å². The van der Waals surface area contributed by atoms with Crippen LogP contribution < -0.4 is 0 Å². The van der Waals surface area contributed by atoms with Crippen molar-refractivity contribution in [3.05, 3.63) is 48.3 Å². The average molecular weight is 162 g/mol. The third-order valence-corrected chi connectivity index (χ3v) is 1.49. The van der Waals surface area contributed by atoms with Crippen molar-refractivity contribution in [2.75, 3.05) is 0 Å². The summed E-state index contributed by atoms with van der Waals surface area (Å²) in [5.41, 5.74) is 0. The molecule has 12 heavy (non-hydrogen) atoms. The van der Waals surface area contributed by atoms with Gasteiger partial charge in [0.1, 0.15) is 0 Å². The van der Waals surface area contributed by atoms with E-state index in [4.69, 9.17) is 8.83 Å². The molecule has 0 aromatic carbocycles. The molecule has 0 aliphatic heterocycles. The average Bonchev–Trinajstić information content (AvgIpc) is 2.77. The zero-order chi connectivity index (χ0) is 8.39. The Morgan fingerprint density at radius 1 is 1.00 bits per heavy atom. The zero-order valence-corrected chi connectivity index (χ0v) is 6.19. The topological polar surface area (TPSA) is 43.4 Å². The van der Waals surface area contributed by atoms with Gasteiger partial charge in [0.25, 0.3) is 5.78 Å². The van der Waals surface area contributed by atoms with E-state index in [1.165, 1.54) is 12.5 Å². The Morgan fingerprint density at radius 3 is 1.83 bits per heavy atom. The molecular formula is C9H6O3. The Morgan fingerprint density at radius 2 is 1.50 bits per heavy atom. The maximum Gasteiger partial charge on any atom is 0.263 e. The minimum atomic E-state index is -0.231. The third-order valence-electron chi connectivity index (χ3n) is 1.49. The molecule has 0 aliphatic carbocycles. The number of ketones is 1. The van der Waals surface area contributed by atoms with Gasteiger partial charge in [0, 0.05) is 0 Å². The van der Waals surface area contributed by atoms with Crippen LogP contribution in [0.25, 0.3) is 0 Å². The van der Waals surface area contributed by atoms with E-state index in [1.54, 1.807) is 24.3 Å². The molecule has 2 aromatic rings. The van der Waals surface area contributed by atoms with Crippen molar-refractivity contribution in [2.24, 2.45) is 0 Å². The summed E-state index contributed by atoms with van der Waals surface area (Å²) in [6.45, 7) is 0. The number of hydrogen-bond acceptors (Lipinski definition) is 3. The highest BCUT2D eigenvalue weighted by atomic mass is 16.4. The summed E-state index contributed by atoms with van der Waals surface area (Å²) in [6.07, 6.45) is 2.91. The van der Waals surface area contributed by atoms with Crippen molar-refractivity contribution >= 4 is 5.78 Å². The molecule has 0 saturated heterocycles. The summed E-state index contributed by atoms with van der Waals surface area (Å²) >= 11 is 0. The van der Waals surface area contributed by atoms with E-state index in [9.17, 15) is 4.79 Å². The Hall–Kier alpha value is -1.77. The van der Waals surface area contributed by atoms with Gasteiger partial charge in [-0.25, -0.2) is 0 Å². The van der Waals surface area contributed by atoms with Crippen LogP contribution in [0, 0.1) is 0 Å². The Kier molecular flexibility index (Phi) is 1.55. The minimum absolute atomic E-state index is 0.231. The van der Waals surface area contributed by atoms with Crippen LogP contribution >= 0.6 is 0 Å². The standard InChI is InChI=1S/C9H6O3/c10-9(7-3-1-5-11-7)8-4-2-6-12-8/h1-6H. The number of furan rings is 2. The molecule has 3 nitrogen and oxygen atoms in total. The zero-order valence-electron chi connectivity index (χ0n) is 6.19. The van der Waals surface area contributed by atoms with Gasteiger partial charge in [-0.05, 0) is 24.3 Å². The van der Waals surface area contributed by atoms with E-state index >= 15 is 0 Å². The highest BCUT2D eigenvalue weighted by Crippen LogP contribution is 2.09. The lowest BCUT2D eigenvalue weighted by molar-refractivity contribution is 0.0983. The first-order valence-electron chi connectivity index (χ1n) is 3.49. The largest absolute Gasteiger partial charge is 0.461 e. The summed E-state index contributed by atoms with van der Waals surface area (Å²) in [6, 6.07) is 6.53. The molecule has 0 fully saturated rings. The monoisotopic (exact) mass is 162 g/mol. The van der Waals surface area contributed by atoms with Crippen LogP contribution in [0.4, 0.5) is 0 Å². The molecule has 0 N–H and O–H groups in total. The van der Waals surface area contributed by atoms with E-state index in [0.29, 0.717) is 11.5 Å². The van der Waals surface area contributed by atoms with Gasteiger partial charge in [-0.1, -0.05) is 0 Å². The van der Waals surface area contributed by atoms with Gasteiger partial charge in [0.2, 0.25) is 0 Å². The molecule has 60 valence electrons. The second-order valence-corrected chi connectivity index (χ2v) is 2.28. The molecule has 3 heteroatoms. The first-order chi connectivity index (χ1) is 5.88. The van der Waals surface area contributed by atoms with Crippen LogP contribution in [-0.4, -0.2) is 5.78 Å². The fraction of sp³-hybridized carbons (Fsp3) is 0. The highest BCUT2D eigenvalue weighted by Gasteiger charge is 2.13. The van der Waals surface area contributed by atoms with Crippen LogP contribution in [0.15, 0.2) is 45.6 Å². The summed E-state index contributed by atoms with van der Waals surface area (Å²) in [5, 5.41) is 0. The molecule has 0 amide bonds. The predicted molar refractivity (Wildman–Crippen MR) is 40.8 cm³/mol. The highest BCUT2D eigenvalue weighted by molar-refractivity contribution is 6.04. The summed E-state index contributed by atoms with van der Waals surface area (Å²) in [5.74, 6) is 0.361. The lowest BCUT2D eigenvalue weighted by Crippen LogP contribution is -1.96.